The van der Waals surface area contributed by atoms with Crippen molar-refractivity contribution in [1.29, 1.82) is 0 Å². The molecular weight excluding hydrogens is 273 g/mol. The molecule has 1 fully saturated rings. The maximum Gasteiger partial charge on any atom is 0.391 e. The molecule has 3 atom stereocenters. The molecule has 7 heteroatoms. The van der Waals surface area contributed by atoms with E-state index in [-0.39, 0.29) is 19.4 Å². The molecule has 0 aromatic carbocycles. The fourth-order valence-electron chi connectivity index (χ4n) is 2.50. The van der Waals surface area contributed by atoms with E-state index in [0.717, 1.165) is 6.42 Å². The minimum Gasteiger partial charge on any atom is -0.391 e. The summed E-state index contributed by atoms with van der Waals surface area (Å²) in [5, 5.41) is 14.5. The SMILES string of the molecule is CCCC(O)CNC(=O)NC1CCCC(C(F)(F)F)C1. The van der Waals surface area contributed by atoms with Crippen LogP contribution in [0.15, 0.2) is 0 Å². The van der Waals surface area contributed by atoms with E-state index in [9.17, 15) is 23.1 Å². The van der Waals surface area contributed by atoms with Gasteiger partial charge in [0.05, 0.1) is 12.0 Å². The molecule has 0 aromatic heterocycles. The van der Waals surface area contributed by atoms with Gasteiger partial charge in [-0.1, -0.05) is 19.8 Å². The maximum absolute atomic E-state index is 12.6. The van der Waals surface area contributed by atoms with Crippen molar-refractivity contribution in [2.24, 2.45) is 5.92 Å². The second-order valence-electron chi connectivity index (χ2n) is 5.40. The van der Waals surface area contributed by atoms with Crippen molar-refractivity contribution in [3.05, 3.63) is 0 Å². The molecule has 20 heavy (non-hydrogen) atoms. The number of hydrogen-bond acceptors (Lipinski definition) is 2. The molecule has 118 valence electrons. The molecule has 0 spiro atoms. The number of halogens is 3. The van der Waals surface area contributed by atoms with Crippen molar-refractivity contribution >= 4 is 6.03 Å². The van der Waals surface area contributed by atoms with Crippen molar-refractivity contribution in [1.82, 2.24) is 10.6 Å². The van der Waals surface area contributed by atoms with Gasteiger partial charge < -0.3 is 15.7 Å². The van der Waals surface area contributed by atoms with Gasteiger partial charge in [-0.25, -0.2) is 4.79 Å². The number of aliphatic hydroxyl groups excluding tert-OH is 1. The third kappa shape index (κ3) is 5.98. The monoisotopic (exact) mass is 296 g/mol. The first-order valence-electron chi connectivity index (χ1n) is 7.12. The molecule has 0 bridgehead atoms. The van der Waals surface area contributed by atoms with Crippen LogP contribution in [0.2, 0.25) is 0 Å². The quantitative estimate of drug-likeness (QED) is 0.730. The minimum absolute atomic E-state index is 0.0611. The lowest BCUT2D eigenvalue weighted by Gasteiger charge is -2.31. The van der Waals surface area contributed by atoms with Gasteiger partial charge in [0.1, 0.15) is 0 Å². The topological polar surface area (TPSA) is 61.4 Å². The van der Waals surface area contributed by atoms with E-state index in [1.165, 1.54) is 0 Å². The van der Waals surface area contributed by atoms with Gasteiger partial charge >= 0.3 is 12.2 Å². The number of amides is 2. The number of aliphatic hydroxyl groups is 1. The van der Waals surface area contributed by atoms with Crippen LogP contribution >= 0.6 is 0 Å². The number of alkyl halides is 3. The Hall–Kier alpha value is -0.980. The Morgan fingerprint density at radius 3 is 2.70 bits per heavy atom. The molecule has 1 rings (SSSR count). The summed E-state index contributed by atoms with van der Waals surface area (Å²) in [6.07, 6.45) is -2.30. The second kappa shape index (κ2) is 7.71. The summed E-state index contributed by atoms with van der Waals surface area (Å²) in [7, 11) is 0. The normalized spacial score (nSPS) is 25.1. The molecule has 3 unspecified atom stereocenters. The van der Waals surface area contributed by atoms with Crippen molar-refractivity contribution in [3.63, 3.8) is 0 Å². The van der Waals surface area contributed by atoms with Gasteiger partial charge in [0.2, 0.25) is 0 Å². The Balaban J connectivity index is 2.31. The van der Waals surface area contributed by atoms with E-state index >= 15 is 0 Å². The molecule has 1 aliphatic carbocycles. The first-order chi connectivity index (χ1) is 9.32. The molecule has 0 aromatic rings. The van der Waals surface area contributed by atoms with Crippen LogP contribution < -0.4 is 10.6 Å². The van der Waals surface area contributed by atoms with Gasteiger partial charge in [-0.05, 0) is 25.7 Å². The lowest BCUT2D eigenvalue weighted by molar-refractivity contribution is -0.183. The summed E-state index contributed by atoms with van der Waals surface area (Å²) in [6.45, 7) is 2.04. The zero-order valence-corrected chi connectivity index (χ0v) is 11.7. The van der Waals surface area contributed by atoms with Crippen molar-refractivity contribution in [3.8, 4) is 0 Å². The Kier molecular flexibility index (Phi) is 6.58. The van der Waals surface area contributed by atoms with Crippen LogP contribution in [0.3, 0.4) is 0 Å². The van der Waals surface area contributed by atoms with E-state index < -0.39 is 30.3 Å². The zero-order valence-electron chi connectivity index (χ0n) is 11.7. The van der Waals surface area contributed by atoms with E-state index in [0.29, 0.717) is 19.3 Å². The maximum atomic E-state index is 12.6. The highest BCUT2D eigenvalue weighted by molar-refractivity contribution is 5.74. The smallest absolute Gasteiger partial charge is 0.391 e. The number of nitrogens with one attached hydrogen (secondary N) is 2. The van der Waals surface area contributed by atoms with Crippen LogP contribution in [0.4, 0.5) is 18.0 Å². The number of hydrogen-bond donors (Lipinski definition) is 3. The molecule has 0 aliphatic heterocycles. The lowest BCUT2D eigenvalue weighted by Crippen LogP contribution is -2.47. The lowest BCUT2D eigenvalue weighted by atomic mass is 9.85. The Morgan fingerprint density at radius 2 is 2.10 bits per heavy atom. The predicted octanol–water partition coefficient (Wildman–Crippen LogP) is 2.57. The summed E-state index contributed by atoms with van der Waals surface area (Å²) in [5.41, 5.74) is 0. The van der Waals surface area contributed by atoms with Gasteiger partial charge in [0.15, 0.2) is 0 Å². The second-order valence-corrected chi connectivity index (χ2v) is 5.40. The summed E-state index contributed by atoms with van der Waals surface area (Å²) in [6, 6.07) is -0.952. The number of carbonyl (C=O) groups excluding carboxylic acids is 1. The van der Waals surface area contributed by atoms with E-state index in [4.69, 9.17) is 0 Å². The highest BCUT2D eigenvalue weighted by Gasteiger charge is 2.42. The highest BCUT2D eigenvalue weighted by atomic mass is 19.4. The Labute approximate surface area is 117 Å². The van der Waals surface area contributed by atoms with Gasteiger partial charge in [-0.2, -0.15) is 13.2 Å². The highest BCUT2D eigenvalue weighted by Crippen LogP contribution is 2.37. The van der Waals surface area contributed by atoms with Gasteiger partial charge in [-0.15, -0.1) is 0 Å². The predicted molar refractivity (Wildman–Crippen MR) is 69.3 cm³/mol. The van der Waals surface area contributed by atoms with Crippen LogP contribution in [0.25, 0.3) is 0 Å². The summed E-state index contributed by atoms with van der Waals surface area (Å²) in [4.78, 5) is 11.6. The fraction of sp³-hybridized carbons (Fsp3) is 0.923. The first kappa shape index (κ1) is 17.1. The van der Waals surface area contributed by atoms with Crippen LogP contribution in [-0.2, 0) is 0 Å². The van der Waals surface area contributed by atoms with Crippen LogP contribution in [-0.4, -0.2) is 36.0 Å². The number of urea groups is 1. The molecule has 4 nitrogen and oxygen atoms in total. The van der Waals surface area contributed by atoms with E-state index in [2.05, 4.69) is 10.6 Å². The van der Waals surface area contributed by atoms with Crippen molar-refractivity contribution < 1.29 is 23.1 Å². The van der Waals surface area contributed by atoms with Crippen molar-refractivity contribution in [2.45, 2.75) is 63.8 Å². The Bertz CT molecular complexity index is 310. The third-order valence-corrected chi connectivity index (χ3v) is 3.59. The standard InChI is InChI=1S/C13H23F3N2O2/c1-2-4-11(19)8-17-12(20)18-10-6-3-5-9(7-10)13(14,15)16/h9-11,19H,2-8H2,1H3,(H2,17,18,20). The summed E-state index contributed by atoms with van der Waals surface area (Å²) >= 11 is 0. The fourth-order valence-corrected chi connectivity index (χ4v) is 2.50. The van der Waals surface area contributed by atoms with Crippen LogP contribution in [0, 0.1) is 5.92 Å². The van der Waals surface area contributed by atoms with Crippen molar-refractivity contribution in [2.75, 3.05) is 6.54 Å². The number of carbonyl (C=O) groups is 1. The molecule has 0 radical (unpaired) electrons. The Morgan fingerprint density at radius 1 is 1.40 bits per heavy atom. The van der Waals surface area contributed by atoms with Crippen LogP contribution in [0.5, 0.6) is 0 Å². The molecule has 2 amide bonds. The average Bonchev–Trinajstić information content (AvgIpc) is 2.36. The third-order valence-electron chi connectivity index (χ3n) is 3.59. The van der Waals surface area contributed by atoms with E-state index in [1.807, 2.05) is 6.92 Å². The van der Waals surface area contributed by atoms with Gasteiger partial charge in [0.25, 0.3) is 0 Å². The summed E-state index contributed by atoms with van der Waals surface area (Å²) < 4.78 is 37.9. The largest absolute Gasteiger partial charge is 0.391 e. The van der Waals surface area contributed by atoms with Gasteiger partial charge in [0, 0.05) is 12.6 Å². The molecule has 1 saturated carbocycles. The zero-order chi connectivity index (χ0) is 15.2. The molecular formula is C13H23F3N2O2. The molecule has 3 N–H and O–H groups in total. The molecule has 1 aliphatic rings. The minimum atomic E-state index is -4.19. The first-order valence-corrected chi connectivity index (χ1v) is 7.12. The summed E-state index contributed by atoms with van der Waals surface area (Å²) in [5.74, 6) is -1.33. The van der Waals surface area contributed by atoms with E-state index in [1.54, 1.807) is 0 Å². The van der Waals surface area contributed by atoms with Gasteiger partial charge in [-0.3, -0.25) is 0 Å². The average molecular weight is 296 g/mol. The number of rotatable bonds is 5. The molecule has 0 saturated heterocycles. The molecule has 0 heterocycles. The van der Waals surface area contributed by atoms with Crippen LogP contribution in [0.1, 0.15) is 45.4 Å².